The van der Waals surface area contributed by atoms with Crippen molar-refractivity contribution in [3.63, 3.8) is 0 Å². The van der Waals surface area contributed by atoms with Crippen LogP contribution in [0.4, 0.5) is 0 Å². The first-order valence-electron chi connectivity index (χ1n) is 9.72. The molecule has 3 nitrogen and oxygen atoms in total. The van der Waals surface area contributed by atoms with Gasteiger partial charge in [-0.3, -0.25) is 0 Å². The molecule has 4 aromatic rings. The summed E-state index contributed by atoms with van der Waals surface area (Å²) >= 11 is 0. The summed E-state index contributed by atoms with van der Waals surface area (Å²) in [4.78, 5) is 0. The Kier molecular flexibility index (Phi) is 3.74. The molecule has 0 aliphatic carbocycles. The van der Waals surface area contributed by atoms with Crippen LogP contribution in [0.1, 0.15) is 27.7 Å². The summed E-state index contributed by atoms with van der Waals surface area (Å²) in [5, 5.41) is 3.25. The average Bonchev–Trinajstić information content (AvgIpc) is 3.21. The number of furan rings is 1. The van der Waals surface area contributed by atoms with Crippen LogP contribution in [-0.2, 0) is 9.31 Å². The molecule has 0 N–H and O–H groups in total. The third kappa shape index (κ3) is 2.60. The summed E-state index contributed by atoms with van der Waals surface area (Å²) in [7, 11) is -0.432. The van der Waals surface area contributed by atoms with Gasteiger partial charge in [0, 0.05) is 16.3 Å². The van der Waals surface area contributed by atoms with Crippen LogP contribution < -0.4 is 5.46 Å². The smallest absolute Gasteiger partial charge is 0.455 e. The van der Waals surface area contributed by atoms with Crippen molar-refractivity contribution in [2.75, 3.05) is 0 Å². The van der Waals surface area contributed by atoms with Crippen molar-refractivity contribution in [2.24, 2.45) is 0 Å². The van der Waals surface area contributed by atoms with E-state index in [-0.39, 0.29) is 11.2 Å². The molecule has 0 saturated carbocycles. The van der Waals surface area contributed by atoms with Crippen molar-refractivity contribution in [2.45, 2.75) is 38.9 Å². The molecule has 0 spiro atoms. The van der Waals surface area contributed by atoms with E-state index < -0.39 is 7.12 Å². The topological polar surface area (TPSA) is 31.6 Å². The highest BCUT2D eigenvalue weighted by molar-refractivity contribution is 6.65. The predicted octanol–water partition coefficient (Wildman–Crippen LogP) is 5.55. The van der Waals surface area contributed by atoms with Crippen molar-refractivity contribution >= 4 is 34.3 Å². The molecule has 3 aromatic carbocycles. The van der Waals surface area contributed by atoms with Crippen LogP contribution in [-0.4, -0.2) is 18.3 Å². The molecular weight excluding hydrogens is 347 g/mol. The number of hydrogen-bond acceptors (Lipinski definition) is 3. The van der Waals surface area contributed by atoms with E-state index in [2.05, 4.69) is 64.1 Å². The van der Waals surface area contributed by atoms with Gasteiger partial charge in [0.15, 0.2) is 0 Å². The van der Waals surface area contributed by atoms with Crippen molar-refractivity contribution in [3.8, 4) is 11.3 Å². The minimum absolute atomic E-state index is 0.387. The Morgan fingerprint density at radius 2 is 1.36 bits per heavy atom. The van der Waals surface area contributed by atoms with E-state index in [9.17, 15) is 0 Å². The monoisotopic (exact) mass is 370 g/mol. The number of benzene rings is 3. The second-order valence-electron chi connectivity index (χ2n) is 8.49. The summed E-state index contributed by atoms with van der Waals surface area (Å²) in [6.07, 6.45) is 0. The summed E-state index contributed by atoms with van der Waals surface area (Å²) in [5.74, 6) is 0.852. The highest BCUT2D eigenvalue weighted by atomic mass is 16.7. The van der Waals surface area contributed by atoms with Crippen LogP contribution in [0.2, 0.25) is 0 Å². The Morgan fingerprint density at radius 1 is 0.714 bits per heavy atom. The molecule has 1 aliphatic heterocycles. The zero-order chi connectivity index (χ0) is 19.5. The van der Waals surface area contributed by atoms with E-state index in [1.165, 1.54) is 0 Å². The number of hydrogen-bond donors (Lipinski definition) is 0. The van der Waals surface area contributed by atoms with Crippen molar-refractivity contribution in [1.29, 1.82) is 0 Å². The van der Waals surface area contributed by atoms with Gasteiger partial charge in [0.25, 0.3) is 0 Å². The van der Waals surface area contributed by atoms with Crippen LogP contribution >= 0.6 is 0 Å². The van der Waals surface area contributed by atoms with Crippen LogP contribution in [0, 0.1) is 0 Å². The lowest BCUT2D eigenvalue weighted by Gasteiger charge is -2.32. The van der Waals surface area contributed by atoms with Gasteiger partial charge in [-0.2, -0.15) is 0 Å². The van der Waals surface area contributed by atoms with Crippen LogP contribution in [0.15, 0.2) is 71.1 Å². The molecule has 1 fully saturated rings. The third-order valence-electron chi connectivity index (χ3n) is 6.12. The largest absolute Gasteiger partial charge is 0.495 e. The van der Waals surface area contributed by atoms with Gasteiger partial charge in [-0.05, 0) is 44.6 Å². The van der Waals surface area contributed by atoms with Gasteiger partial charge in [-0.1, -0.05) is 60.7 Å². The van der Waals surface area contributed by atoms with Crippen LogP contribution in [0.5, 0.6) is 0 Å². The van der Waals surface area contributed by atoms with Crippen LogP contribution in [0.25, 0.3) is 33.1 Å². The second-order valence-corrected chi connectivity index (χ2v) is 8.49. The molecule has 0 radical (unpaired) electrons. The van der Waals surface area contributed by atoms with E-state index in [1.807, 2.05) is 30.3 Å². The average molecular weight is 370 g/mol. The maximum atomic E-state index is 6.36. The van der Waals surface area contributed by atoms with Crippen LogP contribution in [0.3, 0.4) is 0 Å². The maximum absolute atomic E-state index is 6.36. The Labute approximate surface area is 165 Å². The molecular formula is C24H23BO3. The second kappa shape index (κ2) is 5.97. The Hall–Kier alpha value is -2.56. The van der Waals surface area contributed by atoms with Gasteiger partial charge >= 0.3 is 7.12 Å². The molecule has 1 aromatic heterocycles. The molecule has 0 atom stereocenters. The standard InChI is InChI=1S/C24H23BO3/c1-23(2)24(3,4)28-25(27-23)20-14-17-12-8-9-13-18(17)22-19(20)15-21(26-22)16-10-6-5-7-11-16/h5-15H,1-4H3. The lowest BCUT2D eigenvalue weighted by Crippen LogP contribution is -2.41. The fraction of sp³-hybridized carbons (Fsp3) is 0.250. The van der Waals surface area contributed by atoms with E-state index in [0.717, 1.165) is 38.5 Å². The van der Waals surface area contributed by atoms with E-state index in [1.54, 1.807) is 0 Å². The molecule has 1 aliphatic rings. The highest BCUT2D eigenvalue weighted by Crippen LogP contribution is 2.38. The molecule has 28 heavy (non-hydrogen) atoms. The zero-order valence-corrected chi connectivity index (χ0v) is 16.7. The highest BCUT2D eigenvalue weighted by Gasteiger charge is 2.52. The molecule has 4 heteroatoms. The molecule has 140 valence electrons. The predicted molar refractivity (Wildman–Crippen MR) is 115 cm³/mol. The van der Waals surface area contributed by atoms with Gasteiger partial charge in [0.05, 0.1) is 11.2 Å². The summed E-state index contributed by atoms with van der Waals surface area (Å²) in [6.45, 7) is 8.32. The van der Waals surface area contributed by atoms with E-state index in [0.29, 0.717) is 0 Å². The molecule has 2 heterocycles. The van der Waals surface area contributed by atoms with Crippen molar-refractivity contribution < 1.29 is 13.7 Å². The van der Waals surface area contributed by atoms with Crippen molar-refractivity contribution in [3.05, 3.63) is 66.7 Å². The zero-order valence-electron chi connectivity index (χ0n) is 16.7. The Balaban J connectivity index is 1.75. The minimum Gasteiger partial charge on any atom is -0.455 e. The summed E-state index contributed by atoms with van der Waals surface area (Å²) < 4.78 is 19.1. The van der Waals surface area contributed by atoms with E-state index >= 15 is 0 Å². The first-order valence-corrected chi connectivity index (χ1v) is 9.72. The minimum atomic E-state index is -0.432. The Bertz CT molecular complexity index is 1160. The number of fused-ring (bicyclic) bond motifs is 3. The number of rotatable bonds is 2. The van der Waals surface area contributed by atoms with Gasteiger partial charge in [0.2, 0.25) is 0 Å². The Morgan fingerprint density at radius 3 is 2.07 bits per heavy atom. The molecule has 0 amide bonds. The molecule has 1 saturated heterocycles. The normalized spacial score (nSPS) is 18.2. The SMILES string of the molecule is CC1(C)OB(c2cc3ccccc3c3oc(-c4ccccc4)cc23)OC1(C)C. The fourth-order valence-electron chi connectivity index (χ4n) is 3.79. The van der Waals surface area contributed by atoms with Gasteiger partial charge in [0.1, 0.15) is 11.3 Å². The first-order chi connectivity index (χ1) is 13.4. The molecule has 0 bridgehead atoms. The molecule has 0 unspecified atom stereocenters. The third-order valence-corrected chi connectivity index (χ3v) is 6.12. The quantitative estimate of drug-likeness (QED) is 0.434. The van der Waals surface area contributed by atoms with Crippen molar-refractivity contribution in [1.82, 2.24) is 0 Å². The summed E-state index contributed by atoms with van der Waals surface area (Å²) in [6, 6.07) is 22.8. The fourth-order valence-corrected chi connectivity index (χ4v) is 3.79. The lowest BCUT2D eigenvalue weighted by atomic mass is 9.76. The van der Waals surface area contributed by atoms with Gasteiger partial charge in [-0.25, -0.2) is 0 Å². The van der Waals surface area contributed by atoms with Gasteiger partial charge in [-0.15, -0.1) is 0 Å². The maximum Gasteiger partial charge on any atom is 0.495 e. The van der Waals surface area contributed by atoms with Gasteiger partial charge < -0.3 is 13.7 Å². The first kappa shape index (κ1) is 17.5. The lowest BCUT2D eigenvalue weighted by molar-refractivity contribution is 0.00578. The molecule has 5 rings (SSSR count). The van der Waals surface area contributed by atoms with E-state index in [4.69, 9.17) is 13.7 Å². The summed E-state index contributed by atoms with van der Waals surface area (Å²) in [5.41, 5.74) is 2.17.